The van der Waals surface area contributed by atoms with E-state index in [9.17, 15) is 4.79 Å². The highest BCUT2D eigenvalue weighted by molar-refractivity contribution is 5.75. The Labute approximate surface area is 94.8 Å². The van der Waals surface area contributed by atoms with Crippen molar-refractivity contribution in [1.82, 2.24) is 0 Å². The van der Waals surface area contributed by atoms with Crippen LogP contribution in [0.2, 0.25) is 0 Å². The van der Waals surface area contributed by atoms with E-state index >= 15 is 0 Å². The molecule has 5 N–H and O–H groups in total. The largest absolute Gasteiger partial charge is 0.497 e. The van der Waals surface area contributed by atoms with Crippen LogP contribution in [0.15, 0.2) is 18.2 Å². The molecule has 0 saturated heterocycles. The number of methoxy groups -OCH3 is 1. The van der Waals surface area contributed by atoms with Gasteiger partial charge in [-0.05, 0) is 19.1 Å². The Morgan fingerprint density at radius 3 is 2.75 bits per heavy atom. The maximum Gasteiger partial charge on any atom is 0.219 e. The number of nitrogens with one attached hydrogen (secondary N) is 1. The highest BCUT2D eigenvalue weighted by Gasteiger charge is 2.08. The average Bonchev–Trinajstić information content (AvgIpc) is 2.19. The lowest BCUT2D eigenvalue weighted by Crippen LogP contribution is -2.24. The predicted octanol–water partition coefficient (Wildman–Crippen LogP) is 0.953. The van der Waals surface area contributed by atoms with Gasteiger partial charge in [0.1, 0.15) is 5.75 Å². The molecule has 0 aromatic heterocycles. The minimum atomic E-state index is -0.341. The molecule has 1 unspecified atom stereocenters. The number of anilines is 2. The third-order valence-corrected chi connectivity index (χ3v) is 2.17. The van der Waals surface area contributed by atoms with E-state index in [-0.39, 0.29) is 18.4 Å². The van der Waals surface area contributed by atoms with Crippen LogP contribution in [0.5, 0.6) is 5.75 Å². The predicted molar refractivity (Wildman–Crippen MR) is 64.3 cm³/mol. The minimum Gasteiger partial charge on any atom is -0.497 e. The van der Waals surface area contributed by atoms with Gasteiger partial charge in [-0.2, -0.15) is 0 Å². The summed E-state index contributed by atoms with van der Waals surface area (Å²) >= 11 is 0. The fraction of sp³-hybridized carbons (Fsp3) is 0.364. The zero-order valence-electron chi connectivity index (χ0n) is 9.49. The summed E-state index contributed by atoms with van der Waals surface area (Å²) in [6.45, 7) is 1.87. The van der Waals surface area contributed by atoms with Gasteiger partial charge < -0.3 is 21.5 Å². The molecule has 5 nitrogen and oxygen atoms in total. The van der Waals surface area contributed by atoms with Crippen LogP contribution in [0.1, 0.15) is 13.3 Å². The van der Waals surface area contributed by atoms with E-state index in [1.807, 2.05) is 13.0 Å². The molecule has 16 heavy (non-hydrogen) atoms. The van der Waals surface area contributed by atoms with E-state index in [4.69, 9.17) is 16.2 Å². The Balaban J connectivity index is 2.70. The van der Waals surface area contributed by atoms with Crippen molar-refractivity contribution >= 4 is 17.3 Å². The fourth-order valence-electron chi connectivity index (χ4n) is 1.42. The molecular weight excluding hydrogens is 206 g/mol. The van der Waals surface area contributed by atoms with Crippen molar-refractivity contribution in [2.75, 3.05) is 18.2 Å². The molecule has 0 aliphatic rings. The van der Waals surface area contributed by atoms with Gasteiger partial charge >= 0.3 is 0 Å². The maximum atomic E-state index is 10.7. The van der Waals surface area contributed by atoms with Crippen LogP contribution in [0.25, 0.3) is 0 Å². The summed E-state index contributed by atoms with van der Waals surface area (Å²) in [7, 11) is 1.58. The summed E-state index contributed by atoms with van der Waals surface area (Å²) in [5.74, 6) is 0.359. The van der Waals surface area contributed by atoms with Crippen LogP contribution in [-0.4, -0.2) is 19.1 Å². The minimum absolute atomic E-state index is 0.0480. The van der Waals surface area contributed by atoms with Crippen molar-refractivity contribution in [3.63, 3.8) is 0 Å². The molecule has 1 atom stereocenters. The number of hydrogen-bond acceptors (Lipinski definition) is 4. The summed E-state index contributed by atoms with van der Waals surface area (Å²) < 4.78 is 5.04. The maximum absolute atomic E-state index is 10.7. The van der Waals surface area contributed by atoms with E-state index < -0.39 is 0 Å². The first-order valence-electron chi connectivity index (χ1n) is 5.01. The normalized spacial score (nSPS) is 11.9. The third kappa shape index (κ3) is 3.34. The number of nitrogen functional groups attached to an aromatic ring is 1. The van der Waals surface area contributed by atoms with Crippen LogP contribution in [0.3, 0.4) is 0 Å². The molecule has 1 aromatic rings. The molecular formula is C11H17N3O2. The number of ether oxygens (including phenoxy) is 1. The van der Waals surface area contributed by atoms with Gasteiger partial charge in [-0.25, -0.2) is 0 Å². The van der Waals surface area contributed by atoms with Crippen molar-refractivity contribution in [1.29, 1.82) is 0 Å². The number of carbonyl (C=O) groups is 1. The molecule has 0 aliphatic heterocycles. The Kier molecular flexibility index (Phi) is 3.99. The first-order valence-corrected chi connectivity index (χ1v) is 5.01. The van der Waals surface area contributed by atoms with Gasteiger partial charge in [-0.1, -0.05) is 0 Å². The van der Waals surface area contributed by atoms with Crippen LogP contribution < -0.4 is 21.5 Å². The number of amides is 1. The lowest BCUT2D eigenvalue weighted by Gasteiger charge is -2.15. The number of rotatable bonds is 5. The van der Waals surface area contributed by atoms with Gasteiger partial charge in [0.2, 0.25) is 5.91 Å². The van der Waals surface area contributed by atoms with Crippen LogP contribution >= 0.6 is 0 Å². The average molecular weight is 223 g/mol. The van der Waals surface area contributed by atoms with Crippen molar-refractivity contribution < 1.29 is 9.53 Å². The first-order chi connectivity index (χ1) is 7.52. The number of nitrogens with two attached hydrogens (primary N) is 2. The fourth-order valence-corrected chi connectivity index (χ4v) is 1.42. The number of primary amides is 1. The van der Waals surface area contributed by atoms with Crippen molar-refractivity contribution in [2.24, 2.45) is 5.73 Å². The number of hydrogen-bond donors (Lipinski definition) is 3. The lowest BCUT2D eigenvalue weighted by atomic mass is 10.2. The Morgan fingerprint density at radius 1 is 1.56 bits per heavy atom. The van der Waals surface area contributed by atoms with Gasteiger partial charge in [0.25, 0.3) is 0 Å². The van der Waals surface area contributed by atoms with E-state index in [0.29, 0.717) is 11.4 Å². The summed E-state index contributed by atoms with van der Waals surface area (Å²) in [4.78, 5) is 10.7. The topological polar surface area (TPSA) is 90.4 Å². The van der Waals surface area contributed by atoms with Gasteiger partial charge in [0.05, 0.1) is 18.5 Å². The molecule has 0 fully saturated rings. The van der Waals surface area contributed by atoms with E-state index in [1.165, 1.54) is 0 Å². The first kappa shape index (κ1) is 12.2. The molecule has 1 aromatic carbocycles. The number of carbonyl (C=O) groups excluding carboxylic acids is 1. The summed E-state index contributed by atoms with van der Waals surface area (Å²) in [6, 6.07) is 5.29. The molecule has 1 rings (SSSR count). The highest BCUT2D eigenvalue weighted by Crippen LogP contribution is 2.24. The quantitative estimate of drug-likeness (QED) is 0.648. The number of benzene rings is 1. The van der Waals surface area contributed by atoms with Gasteiger partial charge in [0.15, 0.2) is 0 Å². The Hall–Kier alpha value is -1.91. The molecule has 0 radical (unpaired) electrons. The second-order valence-corrected chi connectivity index (χ2v) is 3.67. The summed E-state index contributed by atoms with van der Waals surface area (Å²) in [5.41, 5.74) is 12.3. The van der Waals surface area contributed by atoms with Gasteiger partial charge in [0, 0.05) is 18.5 Å². The molecule has 88 valence electrons. The summed E-state index contributed by atoms with van der Waals surface area (Å²) in [6.07, 6.45) is 0.269. The van der Waals surface area contributed by atoms with Gasteiger partial charge in [-0.3, -0.25) is 4.79 Å². The summed E-state index contributed by atoms with van der Waals surface area (Å²) in [5, 5.41) is 3.11. The molecule has 1 amide bonds. The van der Waals surface area contributed by atoms with E-state index in [1.54, 1.807) is 19.2 Å². The standard InChI is InChI=1S/C11H17N3O2/c1-7(5-11(13)15)14-10-4-3-8(16-2)6-9(10)12/h3-4,6-7,14H,5,12H2,1-2H3,(H2,13,15). The van der Waals surface area contributed by atoms with Crippen molar-refractivity contribution in [3.05, 3.63) is 18.2 Å². The molecule has 0 bridgehead atoms. The molecule has 0 heterocycles. The molecule has 0 saturated carbocycles. The zero-order chi connectivity index (χ0) is 12.1. The smallest absolute Gasteiger partial charge is 0.219 e. The van der Waals surface area contributed by atoms with Gasteiger partial charge in [-0.15, -0.1) is 0 Å². The molecule has 5 heteroatoms. The van der Waals surface area contributed by atoms with Crippen LogP contribution in [0, 0.1) is 0 Å². The van der Waals surface area contributed by atoms with Crippen LogP contribution in [-0.2, 0) is 4.79 Å². The second kappa shape index (κ2) is 5.25. The van der Waals surface area contributed by atoms with Crippen LogP contribution in [0.4, 0.5) is 11.4 Å². The third-order valence-electron chi connectivity index (χ3n) is 2.17. The van der Waals surface area contributed by atoms with E-state index in [2.05, 4.69) is 5.32 Å². The SMILES string of the molecule is COc1ccc(NC(C)CC(N)=O)c(N)c1. The second-order valence-electron chi connectivity index (χ2n) is 3.67. The highest BCUT2D eigenvalue weighted by atomic mass is 16.5. The molecule has 0 spiro atoms. The van der Waals surface area contributed by atoms with Crippen molar-refractivity contribution in [2.45, 2.75) is 19.4 Å². The zero-order valence-corrected chi connectivity index (χ0v) is 9.49. The monoisotopic (exact) mass is 223 g/mol. The Bertz CT molecular complexity index is 379. The van der Waals surface area contributed by atoms with E-state index in [0.717, 1.165) is 5.69 Å². The Morgan fingerprint density at radius 2 is 2.25 bits per heavy atom. The lowest BCUT2D eigenvalue weighted by molar-refractivity contribution is -0.118. The van der Waals surface area contributed by atoms with Crippen molar-refractivity contribution in [3.8, 4) is 5.75 Å². The molecule has 0 aliphatic carbocycles.